The molecule has 0 bridgehead atoms. The second-order valence-electron chi connectivity index (χ2n) is 6.70. The van der Waals surface area contributed by atoms with Gasteiger partial charge in [0, 0.05) is 23.5 Å². The second kappa shape index (κ2) is 10.7. The van der Waals surface area contributed by atoms with Gasteiger partial charge in [-0.3, -0.25) is 4.79 Å². The molecule has 2 aromatic rings. The van der Waals surface area contributed by atoms with Gasteiger partial charge in [-0.15, -0.1) is 24.0 Å². The topological polar surface area (TPSA) is 78.7 Å². The lowest BCUT2D eigenvalue weighted by atomic mass is 9.96. The van der Waals surface area contributed by atoms with Crippen molar-refractivity contribution in [3.8, 4) is 0 Å². The van der Waals surface area contributed by atoms with E-state index in [1.54, 1.807) is 12.3 Å². The summed E-state index contributed by atoms with van der Waals surface area (Å²) in [7, 11) is 0. The lowest BCUT2D eigenvalue weighted by molar-refractivity contribution is -0.119. The highest BCUT2D eigenvalue weighted by molar-refractivity contribution is 14.0. The fourth-order valence-electron chi connectivity index (χ4n) is 2.94. The predicted molar refractivity (Wildman–Crippen MR) is 122 cm³/mol. The number of aliphatic imine (C=N–C) groups is 1. The number of furan rings is 1. The quantitative estimate of drug-likeness (QED) is 0.285. The Bertz CT molecular complexity index is 791. The number of carbonyl (C=O) groups is 1. The Morgan fingerprint density at radius 2 is 2.04 bits per heavy atom. The Kier molecular flexibility index (Phi) is 8.62. The van der Waals surface area contributed by atoms with Gasteiger partial charge < -0.3 is 20.4 Å². The first-order valence-corrected chi connectivity index (χ1v) is 9.56. The third-order valence-corrected chi connectivity index (χ3v) is 4.88. The van der Waals surface area contributed by atoms with Crippen LogP contribution in [0.2, 0.25) is 5.02 Å². The molecule has 0 aliphatic heterocycles. The van der Waals surface area contributed by atoms with Crippen LogP contribution in [0.5, 0.6) is 0 Å². The average Bonchev–Trinajstić information content (AvgIpc) is 3.28. The number of carbonyl (C=O) groups excluding carboxylic acids is 1. The number of nitrogens with zero attached hydrogens (tertiary/aromatic N) is 1. The number of amides is 1. The van der Waals surface area contributed by atoms with Crippen molar-refractivity contribution in [2.24, 2.45) is 4.99 Å². The molecular formula is C20H26ClIN4O2. The molecule has 28 heavy (non-hydrogen) atoms. The van der Waals surface area contributed by atoms with Crippen molar-refractivity contribution in [1.82, 2.24) is 16.0 Å². The molecule has 8 heteroatoms. The number of hydrogen-bond acceptors (Lipinski definition) is 3. The minimum atomic E-state index is -0.153. The van der Waals surface area contributed by atoms with Gasteiger partial charge >= 0.3 is 0 Å². The summed E-state index contributed by atoms with van der Waals surface area (Å²) in [6.07, 6.45) is 3.81. The van der Waals surface area contributed by atoms with Crippen LogP contribution in [0.15, 0.2) is 52.1 Å². The van der Waals surface area contributed by atoms with Gasteiger partial charge in [0.1, 0.15) is 12.3 Å². The van der Waals surface area contributed by atoms with E-state index in [4.69, 9.17) is 16.0 Å². The number of rotatable bonds is 8. The van der Waals surface area contributed by atoms with Gasteiger partial charge in [0.15, 0.2) is 5.96 Å². The van der Waals surface area contributed by atoms with Crippen molar-refractivity contribution in [3.05, 3.63) is 59.0 Å². The molecular weight excluding hydrogens is 491 g/mol. The summed E-state index contributed by atoms with van der Waals surface area (Å²) in [6, 6.07) is 11.6. The summed E-state index contributed by atoms with van der Waals surface area (Å²) < 4.78 is 5.20. The lowest BCUT2D eigenvalue weighted by Crippen LogP contribution is -2.42. The molecule has 6 nitrogen and oxygen atoms in total. The normalized spacial score (nSPS) is 14.7. The molecule has 1 aromatic heterocycles. The zero-order chi connectivity index (χ0) is 19.1. The maximum Gasteiger partial charge on any atom is 0.242 e. The Balaban J connectivity index is 0.00000280. The first kappa shape index (κ1) is 22.5. The highest BCUT2D eigenvalue weighted by atomic mass is 127. The van der Waals surface area contributed by atoms with E-state index in [0.29, 0.717) is 12.5 Å². The molecule has 1 heterocycles. The number of hydrogen-bond donors (Lipinski definition) is 3. The SMILES string of the molecule is CCNC(=NCC(=O)NCc1ccco1)NCC1(c2cccc(Cl)c2)CC1.I. The molecule has 1 fully saturated rings. The largest absolute Gasteiger partial charge is 0.467 e. The minimum absolute atomic E-state index is 0. The molecule has 152 valence electrons. The summed E-state index contributed by atoms with van der Waals surface area (Å²) in [4.78, 5) is 16.4. The van der Waals surface area contributed by atoms with Crippen molar-refractivity contribution in [2.75, 3.05) is 19.6 Å². The highest BCUT2D eigenvalue weighted by Gasteiger charge is 2.44. The van der Waals surface area contributed by atoms with Gasteiger partial charge in [-0.1, -0.05) is 23.7 Å². The Labute approximate surface area is 187 Å². The zero-order valence-corrected chi connectivity index (χ0v) is 18.9. The van der Waals surface area contributed by atoms with Gasteiger partial charge in [0.25, 0.3) is 0 Å². The fraction of sp³-hybridized carbons (Fsp3) is 0.400. The molecule has 1 aromatic carbocycles. The lowest BCUT2D eigenvalue weighted by Gasteiger charge is -2.19. The van der Waals surface area contributed by atoms with Crippen molar-refractivity contribution in [2.45, 2.75) is 31.7 Å². The van der Waals surface area contributed by atoms with E-state index in [2.05, 4.69) is 27.0 Å². The maximum atomic E-state index is 12.0. The van der Waals surface area contributed by atoms with E-state index in [9.17, 15) is 4.79 Å². The van der Waals surface area contributed by atoms with Crippen LogP contribution in [0, 0.1) is 0 Å². The molecule has 1 amide bonds. The van der Waals surface area contributed by atoms with E-state index in [-0.39, 0.29) is 41.8 Å². The van der Waals surface area contributed by atoms with Crippen LogP contribution < -0.4 is 16.0 Å². The first-order valence-electron chi connectivity index (χ1n) is 9.19. The summed E-state index contributed by atoms with van der Waals surface area (Å²) in [5.74, 6) is 1.20. The third-order valence-electron chi connectivity index (χ3n) is 4.65. The van der Waals surface area contributed by atoms with Crippen molar-refractivity contribution >= 4 is 47.4 Å². The predicted octanol–water partition coefficient (Wildman–Crippen LogP) is 3.45. The van der Waals surface area contributed by atoms with Crippen LogP contribution in [0.1, 0.15) is 31.1 Å². The van der Waals surface area contributed by atoms with Crippen LogP contribution >= 0.6 is 35.6 Å². The molecule has 0 radical (unpaired) electrons. The zero-order valence-electron chi connectivity index (χ0n) is 15.8. The summed E-state index contributed by atoms with van der Waals surface area (Å²) in [6.45, 7) is 3.90. The molecule has 3 rings (SSSR count). The smallest absolute Gasteiger partial charge is 0.242 e. The molecule has 1 saturated carbocycles. The fourth-order valence-corrected chi connectivity index (χ4v) is 3.13. The molecule has 1 aliphatic carbocycles. The second-order valence-corrected chi connectivity index (χ2v) is 7.13. The number of benzene rings is 1. The van der Waals surface area contributed by atoms with Crippen LogP contribution in [0.25, 0.3) is 0 Å². The molecule has 0 unspecified atom stereocenters. The van der Waals surface area contributed by atoms with Crippen LogP contribution in [-0.2, 0) is 16.8 Å². The Morgan fingerprint density at radius 3 is 2.68 bits per heavy atom. The first-order chi connectivity index (χ1) is 13.1. The monoisotopic (exact) mass is 516 g/mol. The van der Waals surface area contributed by atoms with Crippen molar-refractivity contribution in [3.63, 3.8) is 0 Å². The maximum absolute atomic E-state index is 12.0. The number of nitrogens with one attached hydrogen (secondary N) is 3. The summed E-state index contributed by atoms with van der Waals surface area (Å²) in [5.41, 5.74) is 1.34. The number of guanidine groups is 1. The Hall–Kier alpha value is -1.74. The van der Waals surface area contributed by atoms with E-state index in [1.807, 2.05) is 31.2 Å². The minimum Gasteiger partial charge on any atom is -0.467 e. The van der Waals surface area contributed by atoms with Crippen molar-refractivity contribution in [1.29, 1.82) is 0 Å². The molecule has 0 spiro atoms. The molecule has 1 aliphatic rings. The van der Waals surface area contributed by atoms with E-state index in [0.717, 1.165) is 36.7 Å². The highest BCUT2D eigenvalue weighted by Crippen LogP contribution is 2.48. The van der Waals surface area contributed by atoms with Gasteiger partial charge in [-0.05, 0) is 49.6 Å². The molecule has 0 saturated heterocycles. The van der Waals surface area contributed by atoms with Gasteiger partial charge in [-0.2, -0.15) is 0 Å². The average molecular weight is 517 g/mol. The van der Waals surface area contributed by atoms with Gasteiger partial charge in [0.05, 0.1) is 12.8 Å². The number of halogens is 2. The molecule has 0 atom stereocenters. The van der Waals surface area contributed by atoms with Gasteiger partial charge in [0.2, 0.25) is 5.91 Å². The van der Waals surface area contributed by atoms with Crippen molar-refractivity contribution < 1.29 is 9.21 Å². The van der Waals surface area contributed by atoms with E-state index >= 15 is 0 Å². The van der Waals surface area contributed by atoms with Crippen LogP contribution in [0.4, 0.5) is 0 Å². The molecule has 3 N–H and O–H groups in total. The van der Waals surface area contributed by atoms with Gasteiger partial charge in [-0.25, -0.2) is 4.99 Å². The van der Waals surface area contributed by atoms with Crippen LogP contribution in [-0.4, -0.2) is 31.5 Å². The summed E-state index contributed by atoms with van der Waals surface area (Å²) >= 11 is 6.13. The van der Waals surface area contributed by atoms with E-state index < -0.39 is 0 Å². The van der Waals surface area contributed by atoms with Crippen LogP contribution in [0.3, 0.4) is 0 Å². The summed E-state index contributed by atoms with van der Waals surface area (Å²) in [5, 5.41) is 10.1. The third kappa shape index (κ3) is 6.41. The standard InChI is InChI=1S/C20H25ClN4O2.HI/c1-2-22-19(24-13-18(26)23-12-17-7-4-10-27-17)25-14-20(8-9-20)15-5-3-6-16(21)11-15;/h3-7,10-11H,2,8-9,12-14H2,1H3,(H,23,26)(H2,22,24,25);1H. The van der Waals surface area contributed by atoms with E-state index in [1.165, 1.54) is 5.56 Å². The Morgan fingerprint density at radius 1 is 1.21 bits per heavy atom.